The van der Waals surface area contributed by atoms with Crippen molar-refractivity contribution in [2.75, 3.05) is 49.3 Å². The summed E-state index contributed by atoms with van der Waals surface area (Å²) in [4.78, 5) is 68.6. The van der Waals surface area contributed by atoms with E-state index >= 15 is 0 Å². The molecular formula is C42H44ClN9O6. The number of ether oxygens (including phenoxy) is 1. The number of nitrogens with zero attached hydrogens (tertiary/aromatic N) is 5. The van der Waals surface area contributed by atoms with E-state index in [-0.39, 0.29) is 24.8 Å². The van der Waals surface area contributed by atoms with Crippen molar-refractivity contribution in [2.45, 2.75) is 56.8 Å². The smallest absolute Gasteiger partial charge is 0.259 e. The molecule has 2 atom stereocenters. The first-order valence-corrected chi connectivity index (χ1v) is 19.7. The van der Waals surface area contributed by atoms with Crippen LogP contribution in [-0.4, -0.2) is 99.4 Å². The molecule has 0 spiro atoms. The number of aliphatic hydroxyl groups excluding tert-OH is 1. The SMILES string of the molecule is COc1cc(N2CCC(N(C)C(=O)CCCNc3cccc4c3C(=O)N(C3CCC(=O)NC3=O)C4O)CC2)ccc1Nc1ncc(Cl)c(-c2c[nH]c3ccccc23)n1. The van der Waals surface area contributed by atoms with E-state index in [1.165, 1.54) is 0 Å². The minimum Gasteiger partial charge on any atom is -0.494 e. The number of para-hydroxylation sites is 1. The number of carbonyl (C=O) groups is 4. The average molecular weight is 806 g/mol. The summed E-state index contributed by atoms with van der Waals surface area (Å²) in [5.41, 5.74) is 5.44. The summed E-state index contributed by atoms with van der Waals surface area (Å²) in [5, 5.41) is 21.2. The van der Waals surface area contributed by atoms with Gasteiger partial charge in [-0.15, -0.1) is 0 Å². The van der Waals surface area contributed by atoms with Gasteiger partial charge in [0.1, 0.15) is 11.8 Å². The van der Waals surface area contributed by atoms with Crippen LogP contribution in [-0.2, 0) is 14.4 Å². The summed E-state index contributed by atoms with van der Waals surface area (Å²) in [6.07, 6.45) is 4.90. The number of carbonyl (C=O) groups excluding carboxylic acids is 4. The first kappa shape index (κ1) is 38.7. The van der Waals surface area contributed by atoms with Crippen molar-refractivity contribution in [2.24, 2.45) is 0 Å². The van der Waals surface area contributed by atoms with Crippen LogP contribution in [0.3, 0.4) is 0 Å². The molecule has 5 heterocycles. The first-order valence-electron chi connectivity index (χ1n) is 19.4. The van der Waals surface area contributed by atoms with Crippen molar-refractivity contribution in [1.29, 1.82) is 0 Å². The number of imide groups is 1. The predicted molar refractivity (Wildman–Crippen MR) is 220 cm³/mol. The molecule has 4 amide bonds. The van der Waals surface area contributed by atoms with Crippen LogP contribution >= 0.6 is 11.6 Å². The zero-order valence-electron chi connectivity index (χ0n) is 32.1. The molecule has 0 aliphatic carbocycles. The molecule has 5 N–H and O–H groups in total. The fourth-order valence-electron chi connectivity index (χ4n) is 8.16. The number of aromatic nitrogens is 3. The molecule has 0 radical (unpaired) electrons. The van der Waals surface area contributed by atoms with Crippen LogP contribution in [0.5, 0.6) is 5.75 Å². The highest BCUT2D eigenvalue weighted by Crippen LogP contribution is 2.39. The third-order valence-corrected chi connectivity index (χ3v) is 11.6. The molecule has 0 bridgehead atoms. The van der Waals surface area contributed by atoms with Gasteiger partial charge in [-0.25, -0.2) is 9.97 Å². The zero-order valence-corrected chi connectivity index (χ0v) is 32.9. The Kier molecular flexibility index (Phi) is 10.9. The van der Waals surface area contributed by atoms with Gasteiger partial charge in [0.2, 0.25) is 23.7 Å². The van der Waals surface area contributed by atoms with Gasteiger partial charge >= 0.3 is 0 Å². The van der Waals surface area contributed by atoms with E-state index in [1.807, 2.05) is 60.6 Å². The van der Waals surface area contributed by atoms with Crippen molar-refractivity contribution < 1.29 is 29.0 Å². The number of nitrogens with one attached hydrogen (secondary N) is 4. The number of aliphatic hydroxyl groups is 1. The van der Waals surface area contributed by atoms with E-state index in [0.29, 0.717) is 64.3 Å². The summed E-state index contributed by atoms with van der Waals surface area (Å²) in [6, 6.07) is 18.2. The maximum atomic E-state index is 13.5. The maximum Gasteiger partial charge on any atom is 0.259 e. The van der Waals surface area contributed by atoms with Crippen LogP contribution in [0.25, 0.3) is 22.2 Å². The number of hydrogen-bond donors (Lipinski definition) is 5. The molecule has 58 heavy (non-hydrogen) atoms. The molecular weight excluding hydrogens is 762 g/mol. The lowest BCUT2D eigenvalue weighted by atomic mass is 10.0. The summed E-state index contributed by atoms with van der Waals surface area (Å²) in [7, 11) is 3.48. The Morgan fingerprint density at radius 2 is 1.86 bits per heavy atom. The van der Waals surface area contributed by atoms with Crippen LogP contribution in [0.4, 0.5) is 23.0 Å². The van der Waals surface area contributed by atoms with E-state index in [0.717, 1.165) is 53.0 Å². The summed E-state index contributed by atoms with van der Waals surface area (Å²) >= 11 is 6.55. The molecule has 15 nitrogen and oxygen atoms in total. The lowest BCUT2D eigenvalue weighted by molar-refractivity contribution is -0.139. The van der Waals surface area contributed by atoms with E-state index in [4.69, 9.17) is 21.3 Å². The number of hydrogen-bond acceptors (Lipinski definition) is 11. The molecule has 3 aliphatic rings. The van der Waals surface area contributed by atoms with Gasteiger partial charge in [-0.3, -0.25) is 29.4 Å². The van der Waals surface area contributed by atoms with Gasteiger partial charge in [0.15, 0.2) is 6.23 Å². The largest absolute Gasteiger partial charge is 0.494 e. The monoisotopic (exact) mass is 805 g/mol. The van der Waals surface area contributed by atoms with E-state index < -0.39 is 30.0 Å². The summed E-state index contributed by atoms with van der Waals surface area (Å²) in [6.45, 7) is 1.96. The average Bonchev–Trinajstić information content (AvgIpc) is 3.78. The predicted octanol–water partition coefficient (Wildman–Crippen LogP) is 5.60. The second-order valence-electron chi connectivity index (χ2n) is 14.7. The Balaban J connectivity index is 0.828. The maximum absolute atomic E-state index is 13.5. The fraction of sp³-hybridized carbons (Fsp3) is 0.333. The molecule has 300 valence electrons. The molecule has 16 heteroatoms. The van der Waals surface area contributed by atoms with E-state index in [1.54, 1.807) is 31.5 Å². The van der Waals surface area contributed by atoms with Crippen LogP contribution < -0.4 is 25.6 Å². The van der Waals surface area contributed by atoms with Gasteiger partial charge in [-0.2, -0.15) is 0 Å². The standard InChI is InChI=1S/C42H44ClN9O6/c1-50(36(54)11-6-18-44-32-10-5-8-27-37(32)41(57)52(40(27)56)33-14-15-35(53)48-39(33)55)24-16-19-51(20-17-24)25-12-13-31(34(21-25)58-2)47-42-46-23-29(43)38(49-42)28-22-45-30-9-4-3-7-26(28)30/h3-5,7-10,12-13,21-24,33,40,44-45,56H,6,11,14-20H2,1-2H3,(H,46,47,49)(H,48,53,55). The van der Waals surface area contributed by atoms with E-state index in [9.17, 15) is 24.3 Å². The third-order valence-electron chi connectivity index (χ3n) is 11.3. The molecule has 5 aromatic rings. The highest BCUT2D eigenvalue weighted by Gasteiger charge is 2.45. The third kappa shape index (κ3) is 7.50. The number of H-pyrrole nitrogens is 1. The second-order valence-corrected chi connectivity index (χ2v) is 15.1. The number of anilines is 4. The number of amides is 4. The summed E-state index contributed by atoms with van der Waals surface area (Å²) < 4.78 is 5.78. The van der Waals surface area contributed by atoms with E-state index in [2.05, 4.69) is 30.8 Å². The van der Waals surface area contributed by atoms with Crippen molar-refractivity contribution in [1.82, 2.24) is 30.1 Å². The highest BCUT2D eigenvalue weighted by atomic mass is 35.5. The minimum atomic E-state index is -1.30. The van der Waals surface area contributed by atoms with Gasteiger partial charge in [-0.1, -0.05) is 41.9 Å². The molecule has 2 saturated heterocycles. The van der Waals surface area contributed by atoms with Crippen LogP contribution in [0.15, 0.2) is 73.1 Å². The number of aromatic amines is 1. The lowest BCUT2D eigenvalue weighted by Gasteiger charge is -2.38. The molecule has 2 unspecified atom stereocenters. The number of halogens is 1. The number of fused-ring (bicyclic) bond motifs is 2. The lowest BCUT2D eigenvalue weighted by Crippen LogP contribution is -2.53. The van der Waals surface area contributed by atoms with Gasteiger partial charge in [-0.05, 0) is 49.9 Å². The molecule has 2 aromatic heterocycles. The normalized spacial score (nSPS) is 18.3. The van der Waals surface area contributed by atoms with Gasteiger partial charge in [0.05, 0.1) is 35.3 Å². The molecule has 2 fully saturated rings. The van der Waals surface area contributed by atoms with Crippen LogP contribution in [0.2, 0.25) is 5.02 Å². The Morgan fingerprint density at radius 1 is 1.05 bits per heavy atom. The Hall–Kier alpha value is -6.19. The second kappa shape index (κ2) is 16.3. The topological polar surface area (TPSA) is 185 Å². The number of methoxy groups -OCH3 is 1. The zero-order chi connectivity index (χ0) is 40.5. The van der Waals surface area contributed by atoms with Crippen molar-refractivity contribution >= 4 is 69.1 Å². The van der Waals surface area contributed by atoms with Gasteiger partial charge in [0.25, 0.3) is 5.91 Å². The van der Waals surface area contributed by atoms with Crippen molar-refractivity contribution in [3.05, 3.63) is 89.2 Å². The molecule has 0 saturated carbocycles. The number of rotatable bonds is 12. The minimum absolute atomic E-state index is 0.0449. The summed E-state index contributed by atoms with van der Waals surface area (Å²) in [5.74, 6) is -0.392. The van der Waals surface area contributed by atoms with Gasteiger partial charge in [0, 0.05) is 91.2 Å². The van der Waals surface area contributed by atoms with Crippen LogP contribution in [0.1, 0.15) is 60.7 Å². The number of piperidine rings is 2. The van der Waals surface area contributed by atoms with Crippen molar-refractivity contribution in [3.63, 3.8) is 0 Å². The van der Waals surface area contributed by atoms with Gasteiger partial charge < -0.3 is 35.3 Å². The fourth-order valence-corrected chi connectivity index (χ4v) is 8.35. The Bertz CT molecular complexity index is 2400. The number of benzene rings is 3. The molecule has 3 aromatic carbocycles. The van der Waals surface area contributed by atoms with Crippen molar-refractivity contribution in [3.8, 4) is 17.0 Å². The highest BCUT2D eigenvalue weighted by molar-refractivity contribution is 6.33. The molecule has 3 aliphatic heterocycles. The Labute approximate surface area is 339 Å². The quantitative estimate of drug-likeness (QED) is 0.0781. The Morgan fingerprint density at radius 3 is 2.66 bits per heavy atom. The molecule has 8 rings (SSSR count). The van der Waals surface area contributed by atoms with Crippen LogP contribution in [0, 0.1) is 0 Å². The first-order chi connectivity index (χ1) is 28.1.